The number of hydrogen-bond acceptors (Lipinski definition) is 4. The summed E-state index contributed by atoms with van der Waals surface area (Å²) >= 11 is 0. The van der Waals surface area contributed by atoms with Crippen molar-refractivity contribution in [3.63, 3.8) is 0 Å². The average Bonchev–Trinajstić information content (AvgIpc) is 2.72. The number of nitrogens with zero attached hydrogens (tertiary/aromatic N) is 2. The van der Waals surface area contributed by atoms with Crippen LogP contribution in [0.1, 0.15) is 30.8 Å². The Labute approximate surface area is 88.1 Å². The number of carbonyl (C=O) groups excluding carboxylic acids is 2. The van der Waals surface area contributed by atoms with Crippen molar-refractivity contribution in [2.24, 2.45) is 0 Å². The van der Waals surface area contributed by atoms with Gasteiger partial charge in [0, 0.05) is 13.1 Å². The molecule has 0 aliphatic carbocycles. The summed E-state index contributed by atoms with van der Waals surface area (Å²) in [6, 6.07) is 0. The average molecular weight is 210 g/mol. The van der Waals surface area contributed by atoms with Gasteiger partial charge in [-0.2, -0.15) is 0 Å². The van der Waals surface area contributed by atoms with Gasteiger partial charge in [0.2, 0.25) is 5.91 Å². The highest BCUT2D eigenvalue weighted by Crippen LogP contribution is 2.02. The zero-order valence-corrected chi connectivity index (χ0v) is 8.90. The summed E-state index contributed by atoms with van der Waals surface area (Å²) < 4.78 is 4.67. The van der Waals surface area contributed by atoms with Crippen molar-refractivity contribution in [3.05, 3.63) is 18.4 Å². The molecule has 0 fully saturated rings. The molecule has 0 bridgehead atoms. The normalized spacial score (nSPS) is 10.0. The summed E-state index contributed by atoms with van der Waals surface area (Å²) in [5, 5.41) is 0. The first kappa shape index (κ1) is 11.4. The quantitative estimate of drug-likeness (QED) is 0.539. The van der Waals surface area contributed by atoms with Crippen LogP contribution < -0.4 is 0 Å². The maximum absolute atomic E-state index is 11.6. The van der Waals surface area contributed by atoms with Crippen molar-refractivity contribution >= 4 is 11.7 Å². The van der Waals surface area contributed by atoms with E-state index in [0.717, 1.165) is 0 Å². The van der Waals surface area contributed by atoms with E-state index in [2.05, 4.69) is 9.40 Å². The third-order valence-electron chi connectivity index (χ3n) is 2.15. The molecule has 0 saturated heterocycles. The van der Waals surface area contributed by atoms with Crippen molar-refractivity contribution in [3.8, 4) is 0 Å². The molecule has 0 unspecified atom stereocenters. The molecule has 1 heterocycles. The third kappa shape index (κ3) is 2.90. The Morgan fingerprint density at radius 1 is 1.40 bits per heavy atom. The monoisotopic (exact) mass is 210 g/mol. The molecule has 0 spiro atoms. The molecule has 0 atom stereocenters. The molecule has 0 aromatic carbocycles. The highest BCUT2D eigenvalue weighted by Gasteiger charge is 2.17. The van der Waals surface area contributed by atoms with Crippen LogP contribution in [0.2, 0.25) is 0 Å². The molecule has 0 N–H and O–H groups in total. The van der Waals surface area contributed by atoms with E-state index in [9.17, 15) is 9.59 Å². The van der Waals surface area contributed by atoms with Crippen LogP contribution in [0.15, 0.2) is 17.1 Å². The molecule has 0 aliphatic rings. The van der Waals surface area contributed by atoms with Gasteiger partial charge in [-0.3, -0.25) is 9.59 Å². The van der Waals surface area contributed by atoms with E-state index in [1.54, 1.807) is 4.90 Å². The zero-order chi connectivity index (χ0) is 11.3. The van der Waals surface area contributed by atoms with E-state index >= 15 is 0 Å². The van der Waals surface area contributed by atoms with Crippen LogP contribution in [0, 0.1) is 0 Å². The molecule has 5 nitrogen and oxygen atoms in total. The van der Waals surface area contributed by atoms with Crippen LogP contribution in [0.25, 0.3) is 0 Å². The molecule has 1 amide bonds. The molecule has 1 aromatic heterocycles. The van der Waals surface area contributed by atoms with Crippen LogP contribution in [0.3, 0.4) is 0 Å². The minimum Gasteiger partial charge on any atom is -0.451 e. The first-order valence-corrected chi connectivity index (χ1v) is 4.88. The highest BCUT2D eigenvalue weighted by molar-refractivity contribution is 6.06. The molecule has 0 radical (unpaired) electrons. The van der Waals surface area contributed by atoms with Gasteiger partial charge >= 0.3 is 0 Å². The van der Waals surface area contributed by atoms with Gasteiger partial charge in [0.1, 0.15) is 12.0 Å². The van der Waals surface area contributed by atoms with E-state index < -0.39 is 0 Å². The lowest BCUT2D eigenvalue weighted by Crippen LogP contribution is -2.32. The Balaban J connectivity index is 2.55. The Kier molecular flexibility index (Phi) is 4.03. The Morgan fingerprint density at radius 3 is 2.53 bits per heavy atom. The third-order valence-corrected chi connectivity index (χ3v) is 2.15. The second-order valence-electron chi connectivity index (χ2n) is 3.04. The lowest BCUT2D eigenvalue weighted by Gasteiger charge is -2.17. The second kappa shape index (κ2) is 5.29. The van der Waals surface area contributed by atoms with Gasteiger partial charge in [-0.05, 0) is 13.8 Å². The molecule has 82 valence electrons. The molecule has 1 rings (SSSR count). The SMILES string of the molecule is CCN(CC)C(=O)CC(=O)c1cocn1. The molecule has 5 heteroatoms. The lowest BCUT2D eigenvalue weighted by molar-refractivity contribution is -0.129. The topological polar surface area (TPSA) is 63.4 Å². The molecular formula is C10H14N2O3. The van der Waals surface area contributed by atoms with E-state index in [1.807, 2.05) is 13.8 Å². The van der Waals surface area contributed by atoms with Crippen LogP contribution in [0.4, 0.5) is 0 Å². The Morgan fingerprint density at radius 2 is 2.07 bits per heavy atom. The largest absolute Gasteiger partial charge is 0.451 e. The van der Waals surface area contributed by atoms with Crippen LogP contribution in [-0.4, -0.2) is 34.7 Å². The smallest absolute Gasteiger partial charge is 0.230 e. The summed E-state index contributed by atoms with van der Waals surface area (Å²) in [5.74, 6) is -0.478. The Hall–Kier alpha value is -1.65. The molecule has 0 saturated carbocycles. The number of amides is 1. The van der Waals surface area contributed by atoms with Crippen molar-refractivity contribution in [1.82, 2.24) is 9.88 Å². The van der Waals surface area contributed by atoms with Crippen molar-refractivity contribution in [2.75, 3.05) is 13.1 Å². The number of hydrogen-bond donors (Lipinski definition) is 0. The minimum atomic E-state index is -0.305. The van der Waals surface area contributed by atoms with Crippen molar-refractivity contribution in [1.29, 1.82) is 0 Å². The predicted molar refractivity (Wildman–Crippen MR) is 53.4 cm³/mol. The first-order valence-electron chi connectivity index (χ1n) is 4.88. The molecular weight excluding hydrogens is 196 g/mol. The number of carbonyl (C=O) groups is 2. The Bertz CT molecular complexity index is 328. The summed E-state index contributed by atoms with van der Waals surface area (Å²) in [6.45, 7) is 4.98. The summed E-state index contributed by atoms with van der Waals surface area (Å²) in [5.41, 5.74) is 0.204. The van der Waals surface area contributed by atoms with Crippen LogP contribution in [-0.2, 0) is 4.79 Å². The number of aromatic nitrogens is 1. The van der Waals surface area contributed by atoms with Crippen LogP contribution in [0.5, 0.6) is 0 Å². The second-order valence-corrected chi connectivity index (χ2v) is 3.04. The van der Waals surface area contributed by atoms with Gasteiger partial charge in [0.05, 0.1) is 6.42 Å². The molecule has 0 aliphatic heterocycles. The van der Waals surface area contributed by atoms with Gasteiger partial charge < -0.3 is 9.32 Å². The first-order chi connectivity index (χ1) is 7.19. The van der Waals surface area contributed by atoms with Crippen molar-refractivity contribution < 1.29 is 14.0 Å². The fourth-order valence-electron chi connectivity index (χ4n) is 1.27. The van der Waals surface area contributed by atoms with Gasteiger partial charge in [-0.1, -0.05) is 0 Å². The number of rotatable bonds is 5. The maximum atomic E-state index is 11.6. The predicted octanol–water partition coefficient (Wildman–Crippen LogP) is 1.12. The number of Topliss-reactive ketones (excluding diaryl/α,β-unsaturated/α-hetero) is 1. The van der Waals surface area contributed by atoms with Gasteiger partial charge in [0.25, 0.3) is 0 Å². The minimum absolute atomic E-state index is 0.145. The summed E-state index contributed by atoms with van der Waals surface area (Å²) in [6.07, 6.45) is 2.28. The van der Waals surface area contributed by atoms with E-state index in [4.69, 9.17) is 0 Å². The number of ketones is 1. The van der Waals surface area contributed by atoms with Gasteiger partial charge in [0.15, 0.2) is 12.2 Å². The van der Waals surface area contributed by atoms with Gasteiger partial charge in [-0.25, -0.2) is 4.98 Å². The molecule has 15 heavy (non-hydrogen) atoms. The van der Waals surface area contributed by atoms with Crippen molar-refractivity contribution in [2.45, 2.75) is 20.3 Å². The van der Waals surface area contributed by atoms with E-state index in [0.29, 0.717) is 13.1 Å². The van der Waals surface area contributed by atoms with Gasteiger partial charge in [-0.15, -0.1) is 0 Å². The number of oxazole rings is 1. The van der Waals surface area contributed by atoms with Crippen LogP contribution >= 0.6 is 0 Å². The van der Waals surface area contributed by atoms with E-state index in [-0.39, 0.29) is 23.8 Å². The fraction of sp³-hybridized carbons (Fsp3) is 0.500. The lowest BCUT2D eigenvalue weighted by atomic mass is 10.2. The standard InChI is InChI=1S/C10H14N2O3/c1-3-12(4-2)10(14)5-9(13)8-6-15-7-11-8/h6-7H,3-5H2,1-2H3. The molecule has 1 aromatic rings. The zero-order valence-electron chi connectivity index (χ0n) is 8.90. The maximum Gasteiger partial charge on any atom is 0.230 e. The fourth-order valence-corrected chi connectivity index (χ4v) is 1.27. The summed E-state index contributed by atoms with van der Waals surface area (Å²) in [4.78, 5) is 28.3. The highest BCUT2D eigenvalue weighted by atomic mass is 16.3. The summed E-state index contributed by atoms with van der Waals surface area (Å²) in [7, 11) is 0. The van der Waals surface area contributed by atoms with E-state index in [1.165, 1.54) is 12.7 Å².